The van der Waals surface area contributed by atoms with Crippen molar-refractivity contribution >= 4 is 5.91 Å². The van der Waals surface area contributed by atoms with E-state index in [0.717, 1.165) is 0 Å². The molecule has 0 saturated heterocycles. The molecule has 1 amide bonds. The van der Waals surface area contributed by atoms with Crippen LogP contribution in [0.4, 0.5) is 0 Å². The first-order valence-electron chi connectivity index (χ1n) is 4.24. The van der Waals surface area contributed by atoms with Crippen LogP contribution in [0.15, 0.2) is 24.4 Å². The highest BCUT2D eigenvalue weighted by molar-refractivity contribution is 5.92. The Balaban J connectivity index is 4.37. The Morgan fingerprint density at radius 3 is 2.38 bits per heavy atom. The van der Waals surface area contributed by atoms with E-state index in [1.807, 2.05) is 20.8 Å². The molecule has 0 saturated carbocycles. The summed E-state index contributed by atoms with van der Waals surface area (Å²) >= 11 is 0. The van der Waals surface area contributed by atoms with Gasteiger partial charge in [-0.25, -0.2) is 0 Å². The van der Waals surface area contributed by atoms with Crippen LogP contribution >= 0.6 is 0 Å². The van der Waals surface area contributed by atoms with E-state index in [9.17, 15) is 4.79 Å². The molecule has 0 radical (unpaired) electrons. The zero-order valence-electron chi connectivity index (χ0n) is 8.55. The third-order valence-corrected chi connectivity index (χ3v) is 1.36. The van der Waals surface area contributed by atoms with Gasteiger partial charge < -0.3 is 11.1 Å². The number of rotatable bonds is 4. The predicted octanol–water partition coefficient (Wildman–Crippen LogP) is 1.32. The molecule has 0 spiro atoms. The van der Waals surface area contributed by atoms with Crippen molar-refractivity contribution in [3.8, 4) is 0 Å². The fourth-order valence-electron chi connectivity index (χ4n) is 0.690. The van der Waals surface area contributed by atoms with Crippen molar-refractivity contribution in [2.75, 3.05) is 0 Å². The van der Waals surface area contributed by atoms with E-state index >= 15 is 0 Å². The van der Waals surface area contributed by atoms with E-state index in [4.69, 9.17) is 5.73 Å². The number of carbonyl (C=O) groups excluding carboxylic acids is 1. The lowest BCUT2D eigenvalue weighted by molar-refractivity contribution is -0.114. The van der Waals surface area contributed by atoms with Crippen molar-refractivity contribution in [2.45, 2.75) is 32.7 Å². The zero-order valence-corrected chi connectivity index (χ0v) is 8.55. The molecular formula is C10H18N2O. The SMILES string of the molecule is C=CCC(=CNC(C)(C)C)C(N)=O. The topological polar surface area (TPSA) is 55.1 Å². The molecule has 3 N–H and O–H groups in total. The molecule has 74 valence electrons. The highest BCUT2D eigenvalue weighted by atomic mass is 16.1. The Kier molecular flexibility index (Phi) is 4.25. The Hall–Kier alpha value is -1.25. The van der Waals surface area contributed by atoms with Gasteiger partial charge in [0.1, 0.15) is 0 Å². The van der Waals surface area contributed by atoms with Crippen molar-refractivity contribution in [2.24, 2.45) is 5.73 Å². The molecule has 0 heterocycles. The maximum atomic E-state index is 10.9. The monoisotopic (exact) mass is 182 g/mol. The van der Waals surface area contributed by atoms with E-state index in [1.54, 1.807) is 12.3 Å². The van der Waals surface area contributed by atoms with Gasteiger partial charge in [0.25, 0.3) is 0 Å². The molecule has 0 aromatic carbocycles. The fraction of sp³-hybridized carbons (Fsp3) is 0.500. The standard InChI is InChI=1S/C10H18N2O/c1-5-6-8(9(11)13)7-12-10(2,3)4/h5,7,12H,1,6H2,2-4H3,(H2,11,13). The van der Waals surface area contributed by atoms with Crippen LogP contribution in [0.2, 0.25) is 0 Å². The van der Waals surface area contributed by atoms with Gasteiger partial charge in [0.05, 0.1) is 0 Å². The smallest absolute Gasteiger partial charge is 0.246 e. The van der Waals surface area contributed by atoms with E-state index in [2.05, 4.69) is 11.9 Å². The van der Waals surface area contributed by atoms with E-state index in [0.29, 0.717) is 12.0 Å². The number of primary amides is 1. The second-order valence-corrected chi connectivity index (χ2v) is 3.92. The van der Waals surface area contributed by atoms with Gasteiger partial charge in [-0.15, -0.1) is 6.58 Å². The highest BCUT2D eigenvalue weighted by Crippen LogP contribution is 2.03. The summed E-state index contributed by atoms with van der Waals surface area (Å²) in [5.74, 6) is -0.406. The molecule has 0 aromatic heterocycles. The van der Waals surface area contributed by atoms with Crippen LogP contribution in [-0.4, -0.2) is 11.4 Å². The quantitative estimate of drug-likeness (QED) is 0.509. The van der Waals surface area contributed by atoms with Crippen LogP contribution in [0, 0.1) is 0 Å². The molecule has 0 aromatic rings. The molecule has 0 aliphatic rings. The summed E-state index contributed by atoms with van der Waals surface area (Å²) in [4.78, 5) is 10.9. The molecule has 13 heavy (non-hydrogen) atoms. The van der Waals surface area contributed by atoms with Crippen LogP contribution in [0.1, 0.15) is 27.2 Å². The average molecular weight is 182 g/mol. The summed E-state index contributed by atoms with van der Waals surface area (Å²) in [5, 5.41) is 3.08. The largest absolute Gasteiger partial charge is 0.386 e. The van der Waals surface area contributed by atoms with Crippen LogP contribution in [0.5, 0.6) is 0 Å². The lowest BCUT2D eigenvalue weighted by atomic mass is 10.1. The number of allylic oxidation sites excluding steroid dienone is 1. The molecule has 0 aliphatic carbocycles. The van der Waals surface area contributed by atoms with Gasteiger partial charge >= 0.3 is 0 Å². The van der Waals surface area contributed by atoms with E-state index in [-0.39, 0.29) is 5.54 Å². The Labute approximate surface area is 79.7 Å². The summed E-state index contributed by atoms with van der Waals surface area (Å²) in [6.07, 6.45) is 3.81. The van der Waals surface area contributed by atoms with Crippen molar-refractivity contribution in [1.29, 1.82) is 0 Å². The molecule has 3 heteroatoms. The first kappa shape index (κ1) is 11.8. The average Bonchev–Trinajstić information content (AvgIpc) is 1.95. The summed E-state index contributed by atoms with van der Waals surface area (Å²) in [6, 6.07) is 0. The van der Waals surface area contributed by atoms with Crippen molar-refractivity contribution in [3.63, 3.8) is 0 Å². The summed E-state index contributed by atoms with van der Waals surface area (Å²) in [5.41, 5.74) is 5.65. The number of amides is 1. The van der Waals surface area contributed by atoms with Crippen LogP contribution in [0.25, 0.3) is 0 Å². The Morgan fingerprint density at radius 1 is 1.54 bits per heavy atom. The van der Waals surface area contributed by atoms with Crippen LogP contribution < -0.4 is 11.1 Å². The first-order valence-corrected chi connectivity index (χ1v) is 4.24. The van der Waals surface area contributed by atoms with Crippen LogP contribution in [-0.2, 0) is 4.79 Å². The van der Waals surface area contributed by atoms with Gasteiger partial charge in [-0.05, 0) is 27.2 Å². The maximum absolute atomic E-state index is 10.9. The second kappa shape index (κ2) is 4.70. The molecule has 0 bridgehead atoms. The molecule has 0 rings (SSSR count). The Morgan fingerprint density at radius 2 is 2.08 bits per heavy atom. The number of nitrogens with one attached hydrogen (secondary N) is 1. The third-order valence-electron chi connectivity index (χ3n) is 1.36. The molecule has 0 atom stereocenters. The number of nitrogens with two attached hydrogens (primary N) is 1. The third kappa shape index (κ3) is 5.96. The summed E-state index contributed by atoms with van der Waals surface area (Å²) < 4.78 is 0. The van der Waals surface area contributed by atoms with Gasteiger partial charge in [-0.1, -0.05) is 6.08 Å². The number of hydrogen-bond acceptors (Lipinski definition) is 2. The lowest BCUT2D eigenvalue weighted by Gasteiger charge is -2.19. The minimum atomic E-state index is -0.406. The first-order chi connectivity index (χ1) is 5.87. The second-order valence-electron chi connectivity index (χ2n) is 3.92. The number of carbonyl (C=O) groups is 1. The minimum absolute atomic E-state index is 0.0537. The van der Waals surface area contributed by atoms with Gasteiger partial charge in [0, 0.05) is 17.3 Å². The van der Waals surface area contributed by atoms with E-state index < -0.39 is 5.91 Å². The Bertz CT molecular complexity index is 224. The van der Waals surface area contributed by atoms with Gasteiger partial charge in [-0.2, -0.15) is 0 Å². The maximum Gasteiger partial charge on any atom is 0.246 e. The van der Waals surface area contributed by atoms with Crippen molar-refractivity contribution < 1.29 is 4.79 Å². The van der Waals surface area contributed by atoms with Gasteiger partial charge in [0.2, 0.25) is 5.91 Å². The van der Waals surface area contributed by atoms with Crippen molar-refractivity contribution in [1.82, 2.24) is 5.32 Å². The number of hydrogen-bond donors (Lipinski definition) is 2. The van der Waals surface area contributed by atoms with Crippen molar-refractivity contribution in [3.05, 3.63) is 24.4 Å². The van der Waals surface area contributed by atoms with Gasteiger partial charge in [0.15, 0.2) is 0 Å². The summed E-state index contributed by atoms with van der Waals surface area (Å²) in [7, 11) is 0. The molecule has 0 aliphatic heterocycles. The minimum Gasteiger partial charge on any atom is -0.386 e. The van der Waals surface area contributed by atoms with E-state index in [1.165, 1.54) is 0 Å². The lowest BCUT2D eigenvalue weighted by Crippen LogP contribution is -2.32. The fourth-order valence-corrected chi connectivity index (χ4v) is 0.690. The van der Waals surface area contributed by atoms with Gasteiger partial charge in [-0.3, -0.25) is 4.79 Å². The highest BCUT2D eigenvalue weighted by Gasteiger charge is 2.08. The molecular weight excluding hydrogens is 164 g/mol. The molecule has 0 fully saturated rings. The molecule has 3 nitrogen and oxygen atoms in total. The summed E-state index contributed by atoms with van der Waals surface area (Å²) in [6.45, 7) is 9.58. The van der Waals surface area contributed by atoms with Crippen LogP contribution in [0.3, 0.4) is 0 Å². The molecule has 0 unspecified atom stereocenters. The predicted molar refractivity (Wildman–Crippen MR) is 55.0 cm³/mol. The normalized spacial score (nSPS) is 12.4. The zero-order chi connectivity index (χ0) is 10.5.